The van der Waals surface area contributed by atoms with Gasteiger partial charge in [0.05, 0.1) is 17.8 Å². The first kappa shape index (κ1) is 18.0. The third-order valence-electron chi connectivity index (χ3n) is 5.64. The highest BCUT2D eigenvalue weighted by molar-refractivity contribution is 7.71. The molecule has 1 aromatic heterocycles. The number of ether oxygens (including phenoxy) is 1. The molecule has 0 amide bonds. The molecule has 2 N–H and O–H groups in total. The van der Waals surface area contributed by atoms with Gasteiger partial charge < -0.3 is 9.72 Å². The van der Waals surface area contributed by atoms with Crippen LogP contribution in [0.1, 0.15) is 55.0 Å². The van der Waals surface area contributed by atoms with Crippen molar-refractivity contribution >= 4 is 23.8 Å². The van der Waals surface area contributed by atoms with Crippen molar-refractivity contribution in [2.45, 2.75) is 57.2 Å². The number of fused-ring (bicyclic) bond motifs is 1. The SMILES string of the molecule is O=c1[nH]c(=S)[nH]c2c1[C@H](CCc1cccc(Cl)c1)O[C@H](C1CCCC1)C2. The first-order valence-corrected chi connectivity index (χ1v) is 10.1. The predicted octanol–water partition coefficient (Wildman–Crippen LogP) is 4.89. The number of aromatic amines is 2. The molecule has 1 saturated carbocycles. The summed E-state index contributed by atoms with van der Waals surface area (Å²) in [5.41, 5.74) is 2.71. The monoisotopic (exact) mass is 390 g/mol. The number of H-pyrrole nitrogens is 2. The Kier molecular flexibility index (Phi) is 5.30. The lowest BCUT2D eigenvalue weighted by Crippen LogP contribution is -2.36. The number of nitrogens with one attached hydrogen (secondary N) is 2. The number of aryl methyl sites for hydroxylation is 1. The Morgan fingerprint density at radius 3 is 2.81 bits per heavy atom. The first-order chi connectivity index (χ1) is 12.6. The van der Waals surface area contributed by atoms with Crippen LogP contribution in [0.2, 0.25) is 5.02 Å². The van der Waals surface area contributed by atoms with Crippen molar-refractivity contribution in [3.63, 3.8) is 0 Å². The second-order valence-electron chi connectivity index (χ2n) is 7.38. The van der Waals surface area contributed by atoms with Gasteiger partial charge in [0.2, 0.25) is 0 Å². The van der Waals surface area contributed by atoms with Gasteiger partial charge in [-0.2, -0.15) is 0 Å². The van der Waals surface area contributed by atoms with Gasteiger partial charge in [-0.1, -0.05) is 36.6 Å². The molecule has 0 saturated heterocycles. The maximum Gasteiger partial charge on any atom is 0.257 e. The zero-order valence-electron chi connectivity index (χ0n) is 14.6. The molecule has 2 aromatic rings. The highest BCUT2D eigenvalue weighted by atomic mass is 35.5. The highest BCUT2D eigenvalue weighted by Gasteiger charge is 2.35. The number of rotatable bonds is 4. The van der Waals surface area contributed by atoms with Gasteiger partial charge in [-0.05, 0) is 61.5 Å². The smallest absolute Gasteiger partial charge is 0.257 e. The second-order valence-corrected chi connectivity index (χ2v) is 8.23. The fourth-order valence-electron chi connectivity index (χ4n) is 4.38. The lowest BCUT2D eigenvalue weighted by atomic mass is 9.89. The summed E-state index contributed by atoms with van der Waals surface area (Å²) in [5.74, 6) is 0.582. The summed E-state index contributed by atoms with van der Waals surface area (Å²) in [6.45, 7) is 0. The Hall–Kier alpha value is -1.43. The van der Waals surface area contributed by atoms with Gasteiger partial charge in [0.15, 0.2) is 4.77 Å². The summed E-state index contributed by atoms with van der Waals surface area (Å²) in [6, 6.07) is 7.87. The van der Waals surface area contributed by atoms with Crippen LogP contribution in [0.3, 0.4) is 0 Å². The fourth-order valence-corrected chi connectivity index (χ4v) is 4.81. The molecule has 2 heterocycles. The Bertz CT molecular complexity index is 901. The summed E-state index contributed by atoms with van der Waals surface area (Å²) >= 11 is 11.3. The minimum absolute atomic E-state index is 0.121. The lowest BCUT2D eigenvalue weighted by molar-refractivity contribution is -0.0597. The zero-order chi connectivity index (χ0) is 18.1. The van der Waals surface area contributed by atoms with E-state index in [2.05, 4.69) is 16.0 Å². The number of benzene rings is 1. The van der Waals surface area contributed by atoms with Gasteiger partial charge in [-0.25, -0.2) is 0 Å². The van der Waals surface area contributed by atoms with E-state index in [-0.39, 0.29) is 17.8 Å². The van der Waals surface area contributed by atoms with Crippen LogP contribution in [0.4, 0.5) is 0 Å². The van der Waals surface area contributed by atoms with Crippen molar-refractivity contribution < 1.29 is 4.74 Å². The van der Waals surface area contributed by atoms with Gasteiger partial charge in [0.25, 0.3) is 5.56 Å². The van der Waals surface area contributed by atoms with E-state index in [1.165, 1.54) is 25.7 Å². The Morgan fingerprint density at radius 1 is 1.23 bits per heavy atom. The van der Waals surface area contributed by atoms with E-state index >= 15 is 0 Å². The van der Waals surface area contributed by atoms with Crippen LogP contribution >= 0.6 is 23.8 Å². The summed E-state index contributed by atoms with van der Waals surface area (Å²) in [6.07, 6.45) is 7.26. The lowest BCUT2D eigenvalue weighted by Gasteiger charge is -2.34. The van der Waals surface area contributed by atoms with E-state index in [0.717, 1.165) is 41.1 Å². The topological polar surface area (TPSA) is 57.9 Å². The van der Waals surface area contributed by atoms with E-state index in [1.807, 2.05) is 18.2 Å². The van der Waals surface area contributed by atoms with Crippen LogP contribution in [0, 0.1) is 10.7 Å². The molecule has 1 aliphatic carbocycles. The number of hydrogen-bond donors (Lipinski definition) is 2. The summed E-state index contributed by atoms with van der Waals surface area (Å²) in [4.78, 5) is 18.5. The largest absolute Gasteiger partial charge is 0.369 e. The minimum Gasteiger partial charge on any atom is -0.369 e. The van der Waals surface area contributed by atoms with E-state index in [4.69, 9.17) is 28.6 Å². The molecule has 2 aliphatic rings. The normalized spacial score (nSPS) is 23.1. The standard InChI is InChI=1S/C20H23ClN2O2S/c21-14-7-3-4-12(10-14)8-9-16-18-15(22-20(26)23-19(18)24)11-17(25-16)13-5-1-2-6-13/h3-4,7,10,13,16-17H,1-2,5-6,8-9,11H2,(H2,22,23,24,26)/t16-,17-/m0/s1. The van der Waals surface area contributed by atoms with Gasteiger partial charge in [-0.3, -0.25) is 9.78 Å². The van der Waals surface area contributed by atoms with Crippen molar-refractivity contribution in [2.75, 3.05) is 0 Å². The molecule has 1 fully saturated rings. The molecule has 26 heavy (non-hydrogen) atoms. The minimum atomic E-state index is -0.209. The van der Waals surface area contributed by atoms with Crippen LogP contribution < -0.4 is 5.56 Å². The number of hydrogen-bond acceptors (Lipinski definition) is 3. The van der Waals surface area contributed by atoms with Crippen molar-refractivity contribution in [3.05, 3.63) is 61.2 Å². The van der Waals surface area contributed by atoms with Crippen molar-refractivity contribution in [2.24, 2.45) is 5.92 Å². The molecular weight excluding hydrogens is 368 g/mol. The van der Waals surface area contributed by atoms with Crippen molar-refractivity contribution in [3.8, 4) is 0 Å². The average Bonchev–Trinajstić information content (AvgIpc) is 3.13. The predicted molar refractivity (Wildman–Crippen MR) is 105 cm³/mol. The van der Waals surface area contributed by atoms with Crippen molar-refractivity contribution in [1.82, 2.24) is 9.97 Å². The molecule has 0 unspecified atom stereocenters. The van der Waals surface area contributed by atoms with Gasteiger partial charge in [0.1, 0.15) is 0 Å². The van der Waals surface area contributed by atoms with Crippen LogP contribution in [0.25, 0.3) is 0 Å². The third kappa shape index (κ3) is 3.80. The van der Waals surface area contributed by atoms with Crippen LogP contribution in [0.5, 0.6) is 0 Å². The Balaban J connectivity index is 1.61. The highest BCUT2D eigenvalue weighted by Crippen LogP contribution is 2.38. The molecule has 6 heteroatoms. The van der Waals surface area contributed by atoms with E-state index in [0.29, 0.717) is 10.7 Å². The molecular formula is C20H23ClN2O2S. The molecule has 4 nitrogen and oxygen atoms in total. The summed E-state index contributed by atoms with van der Waals surface area (Å²) < 4.78 is 6.86. The summed E-state index contributed by atoms with van der Waals surface area (Å²) in [5, 5.41) is 0.734. The molecule has 0 bridgehead atoms. The quantitative estimate of drug-likeness (QED) is 0.730. The second kappa shape index (κ2) is 7.67. The molecule has 0 spiro atoms. The van der Waals surface area contributed by atoms with Gasteiger partial charge >= 0.3 is 0 Å². The molecule has 138 valence electrons. The average molecular weight is 391 g/mol. The third-order valence-corrected chi connectivity index (χ3v) is 6.08. The molecule has 2 atom stereocenters. The van der Waals surface area contributed by atoms with Gasteiger partial charge in [0, 0.05) is 17.1 Å². The Labute approximate surface area is 163 Å². The molecule has 4 rings (SSSR count). The van der Waals surface area contributed by atoms with Gasteiger partial charge in [-0.15, -0.1) is 0 Å². The number of aromatic nitrogens is 2. The van der Waals surface area contributed by atoms with Crippen LogP contribution in [0.15, 0.2) is 29.1 Å². The van der Waals surface area contributed by atoms with Crippen molar-refractivity contribution in [1.29, 1.82) is 0 Å². The zero-order valence-corrected chi connectivity index (χ0v) is 16.2. The summed E-state index contributed by atoms with van der Waals surface area (Å²) in [7, 11) is 0. The van der Waals surface area contributed by atoms with Crippen LogP contribution in [-0.2, 0) is 17.6 Å². The maximum absolute atomic E-state index is 12.5. The maximum atomic E-state index is 12.5. The molecule has 1 aliphatic heterocycles. The van der Waals surface area contributed by atoms with Crippen LogP contribution in [-0.4, -0.2) is 16.1 Å². The Morgan fingerprint density at radius 2 is 2.04 bits per heavy atom. The first-order valence-electron chi connectivity index (χ1n) is 9.35. The van der Waals surface area contributed by atoms with E-state index < -0.39 is 0 Å². The van der Waals surface area contributed by atoms with E-state index in [1.54, 1.807) is 0 Å². The van der Waals surface area contributed by atoms with E-state index in [9.17, 15) is 4.79 Å². The molecule has 0 radical (unpaired) electrons. The fraction of sp³-hybridized carbons (Fsp3) is 0.500. The molecule has 1 aromatic carbocycles. The number of halogens is 1.